The first-order chi connectivity index (χ1) is 16.1. The zero-order valence-electron chi connectivity index (χ0n) is 19.0. The molecule has 1 fully saturated rings. The number of nitrogens with one attached hydrogen (secondary N) is 1. The summed E-state index contributed by atoms with van der Waals surface area (Å²) in [6.45, 7) is 7.50. The summed E-state index contributed by atoms with van der Waals surface area (Å²) in [5, 5.41) is 12.1. The minimum absolute atomic E-state index is 0.277. The summed E-state index contributed by atoms with van der Waals surface area (Å²) in [6, 6.07) is 7.67. The highest BCUT2D eigenvalue weighted by Gasteiger charge is 2.25. The maximum Gasteiger partial charge on any atom is 0.262 e. The summed E-state index contributed by atoms with van der Waals surface area (Å²) in [5.41, 5.74) is 2.98. The Labute approximate surface area is 192 Å². The van der Waals surface area contributed by atoms with Gasteiger partial charge in [0.05, 0.1) is 11.9 Å². The van der Waals surface area contributed by atoms with Crippen LogP contribution in [0.3, 0.4) is 0 Å². The van der Waals surface area contributed by atoms with Gasteiger partial charge in [0.1, 0.15) is 11.4 Å². The Bertz CT molecular complexity index is 1250. The molecule has 0 aliphatic carbocycles. The van der Waals surface area contributed by atoms with Crippen molar-refractivity contribution in [3.05, 3.63) is 65.9 Å². The number of carbonyl (C=O) groups is 1. The van der Waals surface area contributed by atoms with Gasteiger partial charge in [-0.25, -0.2) is 14.5 Å². The molecule has 1 saturated heterocycles. The van der Waals surface area contributed by atoms with E-state index in [1.807, 2.05) is 25.1 Å². The summed E-state index contributed by atoms with van der Waals surface area (Å²) in [6.07, 6.45) is 10.0. The number of hydrogen-bond donors (Lipinski definition) is 1. The number of hydrogen-bond acceptors (Lipinski definition) is 6. The number of pyridine rings is 1. The Morgan fingerprint density at radius 3 is 2.79 bits per heavy atom. The third-order valence-electron chi connectivity index (χ3n) is 6.15. The van der Waals surface area contributed by atoms with Gasteiger partial charge in [-0.05, 0) is 63.5 Å². The second-order valence-electron chi connectivity index (χ2n) is 8.58. The van der Waals surface area contributed by atoms with E-state index >= 15 is 0 Å². The number of piperidine rings is 1. The Morgan fingerprint density at radius 1 is 1.18 bits per heavy atom. The van der Waals surface area contributed by atoms with E-state index in [-0.39, 0.29) is 5.91 Å². The van der Waals surface area contributed by atoms with Crippen LogP contribution in [-0.2, 0) is 0 Å². The molecule has 9 nitrogen and oxygen atoms in total. The number of nitrogens with zero attached hydrogens (tertiary/aromatic N) is 7. The highest BCUT2D eigenvalue weighted by Crippen LogP contribution is 2.30. The average molecular weight is 445 g/mol. The number of carbonyl (C=O) groups excluding carboxylic acids is 1. The number of aryl methyl sites for hydroxylation is 1. The van der Waals surface area contributed by atoms with Gasteiger partial charge in [-0.15, -0.1) is 0 Å². The number of rotatable bonds is 6. The van der Waals surface area contributed by atoms with E-state index in [9.17, 15) is 4.79 Å². The smallest absolute Gasteiger partial charge is 0.262 e. The highest BCUT2D eigenvalue weighted by molar-refractivity contribution is 6.07. The fourth-order valence-electron chi connectivity index (χ4n) is 4.39. The molecule has 170 valence electrons. The van der Waals surface area contributed by atoms with Crippen LogP contribution in [0, 0.1) is 6.92 Å². The van der Waals surface area contributed by atoms with Gasteiger partial charge in [0, 0.05) is 30.6 Å². The maximum atomic E-state index is 13.2. The van der Waals surface area contributed by atoms with Crippen molar-refractivity contribution in [3.63, 3.8) is 0 Å². The lowest BCUT2D eigenvalue weighted by Gasteiger charge is -2.30. The Kier molecular flexibility index (Phi) is 5.87. The summed E-state index contributed by atoms with van der Waals surface area (Å²) >= 11 is 0. The molecule has 0 aromatic carbocycles. The van der Waals surface area contributed by atoms with Gasteiger partial charge in [-0.1, -0.05) is 13.0 Å². The quantitative estimate of drug-likeness (QED) is 0.490. The Hall–Kier alpha value is -3.59. The first kappa shape index (κ1) is 21.3. The van der Waals surface area contributed by atoms with Crippen LogP contribution in [0.2, 0.25) is 0 Å². The van der Waals surface area contributed by atoms with E-state index in [1.165, 1.54) is 12.6 Å². The summed E-state index contributed by atoms with van der Waals surface area (Å²) in [7, 11) is 0. The van der Waals surface area contributed by atoms with Gasteiger partial charge in [0.2, 0.25) is 0 Å². The molecule has 1 aliphatic rings. The van der Waals surface area contributed by atoms with E-state index in [4.69, 9.17) is 5.10 Å². The lowest BCUT2D eigenvalue weighted by Crippen LogP contribution is -2.33. The van der Waals surface area contributed by atoms with E-state index < -0.39 is 0 Å². The number of fused-ring (bicyclic) bond motifs is 1. The van der Waals surface area contributed by atoms with E-state index in [0.29, 0.717) is 28.8 Å². The van der Waals surface area contributed by atoms with Crippen LogP contribution in [0.4, 0.5) is 5.82 Å². The fourth-order valence-corrected chi connectivity index (χ4v) is 4.39. The Morgan fingerprint density at radius 2 is 2.03 bits per heavy atom. The van der Waals surface area contributed by atoms with Crippen molar-refractivity contribution in [2.24, 2.45) is 0 Å². The van der Waals surface area contributed by atoms with Crippen molar-refractivity contribution in [2.45, 2.75) is 39.0 Å². The zero-order chi connectivity index (χ0) is 22.8. The number of amides is 1. The molecule has 0 radical (unpaired) electrons. The topological polar surface area (TPSA) is 93.2 Å². The second-order valence-corrected chi connectivity index (χ2v) is 8.58. The molecular formula is C24H28N8O. The molecule has 1 aliphatic heterocycles. The molecule has 33 heavy (non-hydrogen) atoms. The predicted molar refractivity (Wildman–Crippen MR) is 126 cm³/mol. The van der Waals surface area contributed by atoms with Gasteiger partial charge in [0.15, 0.2) is 11.5 Å². The number of anilines is 1. The standard InChI is InChI=1S/C24H28N8O/c1-3-10-30-12-7-18(8-13-30)20-14-22(32(29-20)21-6-5-17(2)15-26-21)28-24(33)19-16-27-31-11-4-9-25-23(19)31/h4-6,9,11,14-16,18H,3,7-8,10,12-13H2,1-2H3,(H,28,33). The van der Waals surface area contributed by atoms with Crippen LogP contribution in [0.15, 0.2) is 49.1 Å². The number of aromatic nitrogens is 6. The average Bonchev–Trinajstić information content (AvgIpc) is 3.45. The first-order valence-electron chi connectivity index (χ1n) is 11.5. The van der Waals surface area contributed by atoms with Crippen LogP contribution < -0.4 is 5.32 Å². The minimum atomic E-state index is -0.277. The second kappa shape index (κ2) is 9.11. The maximum absolute atomic E-state index is 13.2. The van der Waals surface area contributed by atoms with Gasteiger partial charge < -0.3 is 10.2 Å². The van der Waals surface area contributed by atoms with Crippen molar-refractivity contribution in [1.82, 2.24) is 34.3 Å². The minimum Gasteiger partial charge on any atom is -0.306 e. The third kappa shape index (κ3) is 4.36. The molecule has 0 unspecified atom stereocenters. The Balaban J connectivity index is 1.45. The molecule has 1 amide bonds. The van der Waals surface area contributed by atoms with Crippen LogP contribution in [0.5, 0.6) is 0 Å². The zero-order valence-corrected chi connectivity index (χ0v) is 19.0. The molecule has 4 aromatic heterocycles. The van der Waals surface area contributed by atoms with Crippen LogP contribution in [0.1, 0.15) is 53.7 Å². The molecule has 5 heterocycles. The summed E-state index contributed by atoms with van der Waals surface area (Å²) < 4.78 is 3.31. The third-order valence-corrected chi connectivity index (χ3v) is 6.15. The van der Waals surface area contributed by atoms with Gasteiger partial charge in [-0.2, -0.15) is 14.9 Å². The van der Waals surface area contributed by atoms with Gasteiger partial charge >= 0.3 is 0 Å². The lowest BCUT2D eigenvalue weighted by atomic mass is 9.93. The molecule has 0 atom stereocenters. The lowest BCUT2D eigenvalue weighted by molar-refractivity contribution is 0.102. The molecular weight excluding hydrogens is 416 g/mol. The number of likely N-dealkylation sites (tertiary alicyclic amines) is 1. The highest BCUT2D eigenvalue weighted by atomic mass is 16.1. The van der Waals surface area contributed by atoms with Crippen molar-refractivity contribution >= 4 is 17.4 Å². The molecule has 5 rings (SSSR count). The molecule has 1 N–H and O–H groups in total. The van der Waals surface area contributed by atoms with Crippen molar-refractivity contribution in [1.29, 1.82) is 0 Å². The van der Waals surface area contributed by atoms with Crippen LogP contribution in [0.25, 0.3) is 11.5 Å². The molecule has 0 saturated carbocycles. The molecule has 4 aromatic rings. The van der Waals surface area contributed by atoms with E-state index in [2.05, 4.69) is 32.2 Å². The molecule has 9 heteroatoms. The summed E-state index contributed by atoms with van der Waals surface area (Å²) in [5.74, 6) is 1.35. The van der Waals surface area contributed by atoms with E-state index in [1.54, 1.807) is 33.9 Å². The van der Waals surface area contributed by atoms with Crippen molar-refractivity contribution < 1.29 is 4.79 Å². The van der Waals surface area contributed by atoms with Gasteiger partial charge in [0.25, 0.3) is 5.91 Å². The fraction of sp³-hybridized carbons (Fsp3) is 0.375. The largest absolute Gasteiger partial charge is 0.306 e. The molecule has 0 bridgehead atoms. The van der Waals surface area contributed by atoms with Crippen molar-refractivity contribution in [2.75, 3.05) is 25.0 Å². The van der Waals surface area contributed by atoms with E-state index in [0.717, 1.165) is 43.7 Å². The van der Waals surface area contributed by atoms with Crippen LogP contribution in [-0.4, -0.2) is 59.8 Å². The molecule has 0 spiro atoms. The summed E-state index contributed by atoms with van der Waals surface area (Å²) in [4.78, 5) is 24.5. The predicted octanol–water partition coefficient (Wildman–Crippen LogP) is 3.46. The SMILES string of the molecule is CCCN1CCC(c2cc(NC(=O)c3cnn4cccnc34)n(-c3ccc(C)cn3)n2)CC1. The first-order valence-corrected chi connectivity index (χ1v) is 11.5. The van der Waals surface area contributed by atoms with Crippen molar-refractivity contribution in [3.8, 4) is 5.82 Å². The van der Waals surface area contributed by atoms with Gasteiger partial charge in [-0.3, -0.25) is 4.79 Å². The monoisotopic (exact) mass is 444 g/mol. The van der Waals surface area contributed by atoms with Crippen LogP contribution >= 0.6 is 0 Å². The normalized spacial score (nSPS) is 15.2.